The van der Waals surface area contributed by atoms with E-state index in [-0.39, 0.29) is 0 Å². The summed E-state index contributed by atoms with van der Waals surface area (Å²) in [5, 5.41) is 18.4. The summed E-state index contributed by atoms with van der Waals surface area (Å²) in [6, 6.07) is 10.7. The minimum absolute atomic E-state index is 0.404. The Morgan fingerprint density at radius 1 is 0.818 bits per heavy atom. The molecule has 10 nitrogen and oxygen atoms in total. The van der Waals surface area contributed by atoms with Crippen molar-refractivity contribution in [3.8, 4) is 5.75 Å². The SMILES string of the molecule is CCc1nnn2cnc3cc(OC(=O)c4ccc5c(c4)ncn4nnc(CC)c54)ccc3c12. The molecule has 0 atom stereocenters. The van der Waals surface area contributed by atoms with Crippen LogP contribution in [-0.2, 0) is 12.8 Å². The van der Waals surface area contributed by atoms with Gasteiger partial charge >= 0.3 is 5.97 Å². The van der Waals surface area contributed by atoms with Crippen molar-refractivity contribution in [2.75, 3.05) is 0 Å². The van der Waals surface area contributed by atoms with Crippen molar-refractivity contribution < 1.29 is 9.53 Å². The number of nitrogens with zero attached hydrogens (tertiary/aromatic N) is 8. The number of aryl methyl sites for hydroxylation is 2. The second kappa shape index (κ2) is 7.30. The number of ether oxygens (including phenoxy) is 1. The van der Waals surface area contributed by atoms with Crippen molar-refractivity contribution in [2.24, 2.45) is 0 Å². The Kier molecular flexibility index (Phi) is 4.25. The molecule has 0 amide bonds. The molecule has 0 bridgehead atoms. The number of esters is 1. The van der Waals surface area contributed by atoms with Gasteiger partial charge < -0.3 is 4.74 Å². The number of hydrogen-bond donors (Lipinski definition) is 0. The number of carbonyl (C=O) groups excluding carboxylic acids is 1. The first-order chi connectivity index (χ1) is 16.2. The molecule has 162 valence electrons. The molecule has 4 heterocycles. The summed E-state index contributed by atoms with van der Waals surface area (Å²) in [4.78, 5) is 21.7. The zero-order valence-corrected chi connectivity index (χ0v) is 17.9. The van der Waals surface area contributed by atoms with Gasteiger partial charge in [-0.15, -0.1) is 10.2 Å². The topological polar surface area (TPSA) is 112 Å². The number of hydrogen-bond acceptors (Lipinski definition) is 8. The zero-order chi connectivity index (χ0) is 22.5. The molecule has 2 aromatic carbocycles. The van der Waals surface area contributed by atoms with Crippen LogP contribution in [0.5, 0.6) is 5.75 Å². The van der Waals surface area contributed by atoms with E-state index in [4.69, 9.17) is 4.74 Å². The fourth-order valence-electron chi connectivity index (χ4n) is 4.10. The monoisotopic (exact) mass is 438 g/mol. The third-order valence-electron chi connectivity index (χ3n) is 5.73. The van der Waals surface area contributed by atoms with Gasteiger partial charge in [0, 0.05) is 16.8 Å². The van der Waals surface area contributed by atoms with E-state index >= 15 is 0 Å². The quantitative estimate of drug-likeness (QED) is 0.305. The number of fused-ring (bicyclic) bond motifs is 6. The third-order valence-corrected chi connectivity index (χ3v) is 5.73. The summed E-state index contributed by atoms with van der Waals surface area (Å²) in [6.45, 7) is 4.06. The molecule has 0 aliphatic heterocycles. The highest BCUT2D eigenvalue weighted by Crippen LogP contribution is 2.26. The second-order valence-electron chi connectivity index (χ2n) is 7.66. The summed E-state index contributed by atoms with van der Waals surface area (Å²) in [7, 11) is 0. The molecule has 0 radical (unpaired) electrons. The Bertz CT molecular complexity index is 1700. The first-order valence-corrected chi connectivity index (χ1v) is 10.6. The van der Waals surface area contributed by atoms with Gasteiger partial charge in [-0.1, -0.05) is 24.3 Å². The maximum Gasteiger partial charge on any atom is 0.343 e. The molecule has 0 N–H and O–H groups in total. The lowest BCUT2D eigenvalue weighted by Gasteiger charge is -2.08. The Hall–Kier alpha value is -4.47. The van der Waals surface area contributed by atoms with Crippen LogP contribution < -0.4 is 4.74 Å². The van der Waals surface area contributed by atoms with Crippen molar-refractivity contribution in [3.63, 3.8) is 0 Å². The van der Waals surface area contributed by atoms with Crippen LogP contribution in [0.4, 0.5) is 0 Å². The van der Waals surface area contributed by atoms with Gasteiger partial charge in [0.2, 0.25) is 0 Å². The normalized spacial score (nSPS) is 11.7. The fourth-order valence-corrected chi connectivity index (χ4v) is 4.10. The summed E-state index contributed by atoms with van der Waals surface area (Å²) in [5.74, 6) is -0.0618. The summed E-state index contributed by atoms with van der Waals surface area (Å²) in [6.07, 6.45) is 4.73. The Labute approximate surface area is 186 Å². The van der Waals surface area contributed by atoms with Gasteiger partial charge in [-0.05, 0) is 43.2 Å². The fraction of sp³-hybridized carbons (Fsp3) is 0.174. The summed E-state index contributed by atoms with van der Waals surface area (Å²) >= 11 is 0. The van der Waals surface area contributed by atoms with E-state index in [1.165, 1.54) is 0 Å². The van der Waals surface area contributed by atoms with Crippen LogP contribution >= 0.6 is 0 Å². The molecule has 0 fully saturated rings. The maximum absolute atomic E-state index is 12.9. The highest BCUT2D eigenvalue weighted by molar-refractivity contribution is 6.00. The molecule has 0 saturated heterocycles. The molecule has 0 saturated carbocycles. The van der Waals surface area contributed by atoms with E-state index in [0.717, 1.165) is 46.0 Å². The van der Waals surface area contributed by atoms with Gasteiger partial charge in [0.05, 0.1) is 28.0 Å². The van der Waals surface area contributed by atoms with Gasteiger partial charge in [-0.2, -0.15) is 0 Å². The van der Waals surface area contributed by atoms with Crippen LogP contribution in [0.2, 0.25) is 0 Å². The van der Waals surface area contributed by atoms with Gasteiger partial charge in [-0.25, -0.2) is 23.8 Å². The molecule has 0 aliphatic rings. The highest BCUT2D eigenvalue weighted by Gasteiger charge is 2.15. The zero-order valence-electron chi connectivity index (χ0n) is 17.9. The smallest absolute Gasteiger partial charge is 0.343 e. The van der Waals surface area contributed by atoms with Crippen molar-refractivity contribution in [2.45, 2.75) is 26.7 Å². The Morgan fingerprint density at radius 2 is 1.39 bits per heavy atom. The molecular formula is C23H18N8O2. The molecule has 0 spiro atoms. The molecule has 6 rings (SSSR count). The van der Waals surface area contributed by atoms with Crippen LogP contribution in [0, 0.1) is 0 Å². The number of carbonyl (C=O) groups is 1. The van der Waals surface area contributed by atoms with E-state index in [1.54, 1.807) is 46.0 Å². The first kappa shape index (κ1) is 19.2. The highest BCUT2D eigenvalue weighted by atomic mass is 16.5. The standard InChI is InChI=1S/C23H18N8O2/c1-3-17-21-15-7-5-13(9-19(15)24-11-30(21)28-26-17)23(32)33-14-6-8-16-20(10-14)25-12-31-22(16)18(4-2)27-29-31/h5-12H,3-4H2,1-2H3. The molecule has 6 aromatic rings. The van der Waals surface area contributed by atoms with Gasteiger partial charge in [0.1, 0.15) is 29.4 Å². The van der Waals surface area contributed by atoms with E-state index in [2.05, 4.69) is 30.6 Å². The largest absolute Gasteiger partial charge is 0.423 e. The lowest BCUT2D eigenvalue weighted by Crippen LogP contribution is -2.08. The van der Waals surface area contributed by atoms with Crippen LogP contribution in [0.3, 0.4) is 0 Å². The molecule has 0 aliphatic carbocycles. The van der Waals surface area contributed by atoms with E-state index in [1.807, 2.05) is 26.0 Å². The predicted molar refractivity (Wildman–Crippen MR) is 120 cm³/mol. The second-order valence-corrected chi connectivity index (χ2v) is 7.66. The van der Waals surface area contributed by atoms with Gasteiger partial charge in [-0.3, -0.25) is 0 Å². The minimum Gasteiger partial charge on any atom is -0.423 e. The van der Waals surface area contributed by atoms with E-state index < -0.39 is 5.97 Å². The molecule has 4 aromatic heterocycles. The average molecular weight is 438 g/mol. The van der Waals surface area contributed by atoms with Crippen LogP contribution in [-0.4, -0.2) is 45.6 Å². The van der Waals surface area contributed by atoms with Crippen LogP contribution in [0.15, 0.2) is 49.1 Å². The van der Waals surface area contributed by atoms with E-state index in [9.17, 15) is 4.79 Å². The van der Waals surface area contributed by atoms with Gasteiger partial charge in [0.25, 0.3) is 0 Å². The Morgan fingerprint density at radius 3 is 2.00 bits per heavy atom. The third kappa shape index (κ3) is 2.99. The predicted octanol–water partition coefficient (Wildman–Crippen LogP) is 3.21. The summed E-state index contributed by atoms with van der Waals surface area (Å²) < 4.78 is 8.96. The molecule has 10 heteroatoms. The van der Waals surface area contributed by atoms with E-state index in [0.29, 0.717) is 22.3 Å². The summed E-state index contributed by atoms with van der Waals surface area (Å²) in [5.41, 5.74) is 5.37. The van der Waals surface area contributed by atoms with Gasteiger partial charge in [0.15, 0.2) is 0 Å². The molecule has 33 heavy (non-hydrogen) atoms. The van der Waals surface area contributed by atoms with Crippen molar-refractivity contribution >= 4 is 38.8 Å². The molecule has 0 unspecified atom stereocenters. The number of rotatable bonds is 4. The lowest BCUT2D eigenvalue weighted by atomic mass is 10.1. The maximum atomic E-state index is 12.9. The van der Waals surface area contributed by atoms with Crippen LogP contribution in [0.25, 0.3) is 32.8 Å². The number of benzene rings is 2. The minimum atomic E-state index is -0.471. The van der Waals surface area contributed by atoms with Crippen LogP contribution in [0.1, 0.15) is 35.6 Å². The molecular weight excluding hydrogens is 420 g/mol. The average Bonchev–Trinajstić information content (AvgIpc) is 3.47. The number of aromatic nitrogens is 8. The Balaban J connectivity index is 1.35. The van der Waals surface area contributed by atoms with Crippen molar-refractivity contribution in [1.29, 1.82) is 0 Å². The van der Waals surface area contributed by atoms with Crippen molar-refractivity contribution in [3.05, 3.63) is 66.0 Å². The lowest BCUT2D eigenvalue weighted by molar-refractivity contribution is 0.0735. The first-order valence-electron chi connectivity index (χ1n) is 10.6. The van der Waals surface area contributed by atoms with Crippen molar-refractivity contribution in [1.82, 2.24) is 39.6 Å².